The number of thiol groups is 1. The minimum atomic E-state index is 0.592. The van der Waals surface area contributed by atoms with E-state index in [4.69, 9.17) is 5.73 Å². The highest BCUT2D eigenvalue weighted by Crippen LogP contribution is 2.30. The molecule has 0 amide bonds. The molecule has 0 bridgehead atoms. The number of hydrogen-bond acceptors (Lipinski definition) is 2. The molecule has 0 aromatic heterocycles. The molecule has 0 saturated heterocycles. The fourth-order valence-corrected chi connectivity index (χ4v) is 3.29. The Bertz CT molecular complexity index is 905. The first-order chi connectivity index (χ1) is 11.4. The molecule has 0 aliphatic carbocycles. The van der Waals surface area contributed by atoms with Gasteiger partial charge in [0.2, 0.25) is 0 Å². The average molecular weight is 331 g/mol. The first kappa shape index (κ1) is 16.4. The summed E-state index contributed by atoms with van der Waals surface area (Å²) in [6, 6.07) is 21.2. The van der Waals surface area contributed by atoms with Crippen LogP contribution in [0.5, 0.6) is 0 Å². The van der Waals surface area contributed by atoms with Crippen molar-refractivity contribution >= 4 is 18.3 Å². The first-order valence-electron chi connectivity index (χ1n) is 7.90. The summed E-state index contributed by atoms with van der Waals surface area (Å²) in [6.45, 7) is 8.02. The molecule has 3 aromatic carbocycles. The van der Waals surface area contributed by atoms with Crippen LogP contribution in [0.1, 0.15) is 16.7 Å². The van der Waals surface area contributed by atoms with Gasteiger partial charge in [-0.2, -0.15) is 0 Å². The van der Waals surface area contributed by atoms with Crippen molar-refractivity contribution in [3.05, 3.63) is 83.9 Å². The van der Waals surface area contributed by atoms with Crippen LogP contribution in [0, 0.1) is 13.8 Å². The van der Waals surface area contributed by atoms with Crippen LogP contribution in [0.3, 0.4) is 0 Å². The standard InChI is InChI=1S/C22H21NS/c1-14-7-19(16(3)23)12-20(8-14)17-5-4-6-18(11-17)21-9-15(2)10-22(24)13-21/h4-13,24H,3,23H2,1-2H3. The topological polar surface area (TPSA) is 26.0 Å². The molecule has 0 unspecified atom stereocenters. The summed E-state index contributed by atoms with van der Waals surface area (Å²) in [6.07, 6.45) is 0. The van der Waals surface area contributed by atoms with E-state index < -0.39 is 0 Å². The molecule has 2 N–H and O–H groups in total. The smallest absolute Gasteiger partial charge is 0.0314 e. The summed E-state index contributed by atoms with van der Waals surface area (Å²) >= 11 is 4.50. The zero-order valence-corrected chi connectivity index (χ0v) is 14.9. The van der Waals surface area contributed by atoms with E-state index in [-0.39, 0.29) is 0 Å². The molecule has 3 aromatic rings. The van der Waals surface area contributed by atoms with Gasteiger partial charge in [-0.3, -0.25) is 0 Å². The van der Waals surface area contributed by atoms with Crippen molar-refractivity contribution in [3.63, 3.8) is 0 Å². The Labute approximate surface area is 149 Å². The highest BCUT2D eigenvalue weighted by molar-refractivity contribution is 7.80. The maximum Gasteiger partial charge on any atom is 0.0314 e. The van der Waals surface area contributed by atoms with Crippen LogP contribution in [0.2, 0.25) is 0 Å². The molecule has 0 aliphatic rings. The van der Waals surface area contributed by atoms with Crippen LogP contribution < -0.4 is 5.73 Å². The molecule has 120 valence electrons. The average Bonchev–Trinajstić information content (AvgIpc) is 2.53. The van der Waals surface area contributed by atoms with Crippen molar-refractivity contribution in [1.29, 1.82) is 0 Å². The molecule has 0 atom stereocenters. The lowest BCUT2D eigenvalue weighted by Gasteiger charge is -2.10. The van der Waals surface area contributed by atoms with Gasteiger partial charge in [0, 0.05) is 10.6 Å². The summed E-state index contributed by atoms with van der Waals surface area (Å²) < 4.78 is 0. The Hall–Kier alpha value is -2.45. The maximum absolute atomic E-state index is 5.88. The monoisotopic (exact) mass is 331 g/mol. The summed E-state index contributed by atoms with van der Waals surface area (Å²) in [5, 5.41) is 0. The Kier molecular flexibility index (Phi) is 4.50. The third kappa shape index (κ3) is 3.55. The van der Waals surface area contributed by atoms with E-state index in [2.05, 4.69) is 93.7 Å². The molecule has 24 heavy (non-hydrogen) atoms. The predicted molar refractivity (Wildman–Crippen MR) is 107 cm³/mol. The van der Waals surface area contributed by atoms with E-state index in [1.165, 1.54) is 27.8 Å². The molecule has 1 nitrogen and oxygen atoms in total. The van der Waals surface area contributed by atoms with E-state index in [1.807, 2.05) is 0 Å². The second-order valence-corrected chi connectivity index (χ2v) is 6.77. The summed E-state index contributed by atoms with van der Waals surface area (Å²) in [7, 11) is 0. The van der Waals surface area contributed by atoms with Crippen molar-refractivity contribution in [2.75, 3.05) is 0 Å². The molecule has 3 rings (SSSR count). The molecule has 0 aliphatic heterocycles. The molecular weight excluding hydrogens is 310 g/mol. The molecule has 0 spiro atoms. The van der Waals surface area contributed by atoms with E-state index in [9.17, 15) is 0 Å². The molecule has 0 heterocycles. The van der Waals surface area contributed by atoms with Gasteiger partial charge < -0.3 is 5.73 Å². The molecule has 0 radical (unpaired) electrons. The molecule has 2 heteroatoms. The Morgan fingerprint density at radius 1 is 0.792 bits per heavy atom. The second-order valence-electron chi connectivity index (χ2n) is 6.25. The number of benzene rings is 3. The first-order valence-corrected chi connectivity index (χ1v) is 8.35. The lowest BCUT2D eigenvalue weighted by Crippen LogP contribution is -1.95. The van der Waals surface area contributed by atoms with Crippen molar-refractivity contribution in [2.24, 2.45) is 5.73 Å². The minimum Gasteiger partial charge on any atom is -0.399 e. The number of aryl methyl sites for hydroxylation is 2. The summed E-state index contributed by atoms with van der Waals surface area (Å²) in [5.74, 6) is 0. The van der Waals surface area contributed by atoms with E-state index in [1.54, 1.807) is 0 Å². The van der Waals surface area contributed by atoms with Gasteiger partial charge in [0.1, 0.15) is 0 Å². The maximum atomic E-state index is 5.88. The lowest BCUT2D eigenvalue weighted by molar-refractivity contribution is 1.37. The van der Waals surface area contributed by atoms with E-state index >= 15 is 0 Å². The van der Waals surface area contributed by atoms with Crippen LogP contribution in [-0.4, -0.2) is 0 Å². The third-order valence-corrected chi connectivity index (χ3v) is 4.30. The van der Waals surface area contributed by atoms with Gasteiger partial charge in [-0.1, -0.05) is 36.9 Å². The van der Waals surface area contributed by atoms with Gasteiger partial charge >= 0.3 is 0 Å². The normalized spacial score (nSPS) is 10.6. The van der Waals surface area contributed by atoms with Crippen molar-refractivity contribution < 1.29 is 0 Å². The van der Waals surface area contributed by atoms with Crippen LogP contribution in [0.25, 0.3) is 28.0 Å². The quantitative estimate of drug-likeness (QED) is 0.578. The number of hydrogen-bond donors (Lipinski definition) is 2. The van der Waals surface area contributed by atoms with Gasteiger partial charge in [0.25, 0.3) is 0 Å². The number of nitrogens with two attached hydrogens (primary N) is 1. The fourth-order valence-electron chi connectivity index (χ4n) is 2.94. The van der Waals surface area contributed by atoms with Gasteiger partial charge in [0.15, 0.2) is 0 Å². The largest absolute Gasteiger partial charge is 0.399 e. The molecule has 0 saturated carbocycles. The highest BCUT2D eigenvalue weighted by atomic mass is 32.1. The highest BCUT2D eigenvalue weighted by Gasteiger charge is 2.06. The Balaban J connectivity index is 2.10. The predicted octanol–water partition coefficient (Wildman–Crippen LogP) is 5.86. The second kappa shape index (κ2) is 6.58. The van der Waals surface area contributed by atoms with Crippen LogP contribution >= 0.6 is 12.6 Å². The zero-order valence-electron chi connectivity index (χ0n) is 14.0. The van der Waals surface area contributed by atoms with Crippen LogP contribution in [0.4, 0.5) is 0 Å². The number of rotatable bonds is 3. The zero-order chi connectivity index (χ0) is 17.3. The third-order valence-electron chi connectivity index (χ3n) is 4.04. The summed E-state index contributed by atoms with van der Waals surface area (Å²) in [5.41, 5.74) is 14.5. The van der Waals surface area contributed by atoms with Gasteiger partial charge in [-0.05, 0) is 83.1 Å². The van der Waals surface area contributed by atoms with Crippen molar-refractivity contribution in [3.8, 4) is 22.3 Å². The molecular formula is C22H21NS. The summed E-state index contributed by atoms with van der Waals surface area (Å²) in [4.78, 5) is 0.979. The van der Waals surface area contributed by atoms with Crippen molar-refractivity contribution in [1.82, 2.24) is 0 Å². The fraction of sp³-hybridized carbons (Fsp3) is 0.0909. The Morgan fingerprint density at radius 3 is 1.96 bits per heavy atom. The van der Waals surface area contributed by atoms with Gasteiger partial charge in [-0.25, -0.2) is 0 Å². The molecule has 0 fully saturated rings. The van der Waals surface area contributed by atoms with Gasteiger partial charge in [0.05, 0.1) is 0 Å². The Morgan fingerprint density at radius 2 is 1.38 bits per heavy atom. The minimum absolute atomic E-state index is 0.592. The van der Waals surface area contributed by atoms with Gasteiger partial charge in [-0.15, -0.1) is 12.6 Å². The van der Waals surface area contributed by atoms with E-state index in [0.29, 0.717) is 5.70 Å². The van der Waals surface area contributed by atoms with Crippen LogP contribution in [0.15, 0.2) is 72.1 Å². The van der Waals surface area contributed by atoms with Crippen LogP contribution in [-0.2, 0) is 0 Å². The lowest BCUT2D eigenvalue weighted by atomic mass is 9.95. The SMILES string of the molecule is C=C(N)c1cc(C)cc(-c2cccc(-c3cc(C)cc(S)c3)c2)c1. The van der Waals surface area contributed by atoms with E-state index in [0.717, 1.165) is 16.0 Å². The van der Waals surface area contributed by atoms with Crippen molar-refractivity contribution in [2.45, 2.75) is 18.7 Å².